The number of hydrogen-bond donors (Lipinski definition) is 8. The number of fused-ring (bicyclic) bond motifs is 3. The maximum absolute atomic E-state index is 15.0. The molecule has 5 aromatic rings. The van der Waals surface area contributed by atoms with Gasteiger partial charge in [-0.05, 0) is 97.5 Å². The predicted octanol–water partition coefficient (Wildman–Crippen LogP) is 4.20. The number of unbranched alkanes of at least 4 members (excludes halogenated alkanes) is 3. The number of nitrogens with one attached hydrogen (secondary N) is 5. The highest BCUT2D eigenvalue weighted by Gasteiger charge is 2.46. The molecule has 5 atom stereocenters. The summed E-state index contributed by atoms with van der Waals surface area (Å²) in [6.45, 7) is 0.172. The minimum atomic E-state index is -4.40. The molecule has 22 heteroatoms. The van der Waals surface area contributed by atoms with Crippen molar-refractivity contribution in [3.8, 4) is 11.8 Å². The number of piperidine rings is 1. The fourth-order valence-electron chi connectivity index (χ4n) is 11.2. The molecule has 4 aliphatic rings. The van der Waals surface area contributed by atoms with E-state index in [2.05, 4.69) is 38.1 Å². The molecule has 0 bridgehead atoms. The lowest BCUT2D eigenvalue weighted by Gasteiger charge is -2.39. The molecule has 3 fully saturated rings. The molecule has 5 heterocycles. The molecule has 9 rings (SSSR count). The van der Waals surface area contributed by atoms with Gasteiger partial charge in [-0.1, -0.05) is 91.1 Å². The lowest BCUT2D eigenvalue weighted by molar-refractivity contribution is -0.145. The van der Waals surface area contributed by atoms with E-state index < -0.39 is 85.5 Å². The Kier molecular flexibility index (Phi) is 17.9. The Hall–Kier alpha value is -8.44. The van der Waals surface area contributed by atoms with Crippen LogP contribution in [0.4, 0.5) is 0 Å². The van der Waals surface area contributed by atoms with Gasteiger partial charge in [-0.2, -0.15) is 0 Å². The lowest BCUT2D eigenvalue weighted by Crippen LogP contribution is -2.62. The maximum atomic E-state index is 15.0. The van der Waals surface area contributed by atoms with Gasteiger partial charge in [0.15, 0.2) is 0 Å². The van der Waals surface area contributed by atoms with Crippen molar-refractivity contribution >= 4 is 71.7 Å². The van der Waals surface area contributed by atoms with Crippen LogP contribution in [-0.4, -0.2) is 126 Å². The summed E-state index contributed by atoms with van der Waals surface area (Å²) in [5.41, 5.74) is 9.85. The quantitative estimate of drug-likeness (QED) is 0.0250. The van der Waals surface area contributed by atoms with Crippen molar-refractivity contribution in [2.75, 3.05) is 13.1 Å². The number of imide groups is 1. The van der Waals surface area contributed by atoms with Gasteiger partial charge in [-0.3, -0.25) is 53.0 Å². The van der Waals surface area contributed by atoms with Crippen LogP contribution in [0.3, 0.4) is 0 Å². The summed E-state index contributed by atoms with van der Waals surface area (Å²) in [7, 11) is -4.40. The van der Waals surface area contributed by atoms with Gasteiger partial charge in [0.1, 0.15) is 29.9 Å². The zero-order valence-electron chi connectivity index (χ0n) is 44.4. The summed E-state index contributed by atoms with van der Waals surface area (Å²) in [4.78, 5) is 148. The number of amides is 9. The molecule has 81 heavy (non-hydrogen) atoms. The summed E-state index contributed by atoms with van der Waals surface area (Å²) in [5.74, 6) is 1.75. The van der Waals surface area contributed by atoms with E-state index in [9.17, 15) is 52.7 Å². The fraction of sp³-hybridized carbons (Fsp3) is 0.373. The number of carbonyl (C=O) groups is 9. The van der Waals surface area contributed by atoms with Crippen LogP contribution in [0.25, 0.3) is 10.9 Å². The van der Waals surface area contributed by atoms with Gasteiger partial charge in [0, 0.05) is 74.8 Å². The van der Waals surface area contributed by atoms with Gasteiger partial charge < -0.3 is 51.2 Å². The Morgan fingerprint density at radius 1 is 0.827 bits per heavy atom. The molecule has 424 valence electrons. The van der Waals surface area contributed by atoms with Crippen LogP contribution in [-0.2, 0) is 50.8 Å². The van der Waals surface area contributed by atoms with Gasteiger partial charge in [-0.25, -0.2) is 0 Å². The number of aromatic nitrogens is 1. The van der Waals surface area contributed by atoms with E-state index in [-0.39, 0.29) is 83.0 Å². The zero-order valence-corrected chi connectivity index (χ0v) is 45.3. The predicted molar refractivity (Wildman–Crippen MR) is 298 cm³/mol. The second-order valence-corrected chi connectivity index (χ2v) is 22.6. The van der Waals surface area contributed by atoms with E-state index in [1.165, 1.54) is 21.9 Å². The highest BCUT2D eigenvalue weighted by molar-refractivity contribution is 7.50. The standard InChI is InChI=1S/C59H64N9O12P.H2/c60-50(69)27-24-45(54(72)65-53(38-14-7-4-8-15-38)39-16-9-5-10-17-39)62-57(75)49-25-22-41-29-30-66(34-47(59(77)68(41)49)63-55(73)46-32-40-31-36(35-81(78,79)80)21-23-44(40)61-46)52(71)20-11-3-1-2-6-13-37-18-12-19-42-43(37)33-67(58(42)76)48-26-28-51(70)64-56(48)74;/h4-5,7-10,12,14-19,21,23,31-32,41,45,47-49,53,61H,1-3,11,20,22,24-30,33-35H2,(H2,60,69)(H,62,75)(H,63,73)(H,65,72)(H,64,70,74)(H2,78,79,80);1H/t41-,45+,47+,48?,49+;/m1./s1. The van der Waals surface area contributed by atoms with Crippen molar-refractivity contribution in [3.63, 3.8) is 0 Å². The van der Waals surface area contributed by atoms with Crippen molar-refractivity contribution in [3.05, 3.63) is 142 Å². The summed E-state index contributed by atoms with van der Waals surface area (Å²) < 4.78 is 11.8. The van der Waals surface area contributed by atoms with Gasteiger partial charge >= 0.3 is 7.60 Å². The first-order valence-corrected chi connectivity index (χ1v) is 29.0. The van der Waals surface area contributed by atoms with Crippen molar-refractivity contribution in [2.24, 2.45) is 5.73 Å². The third kappa shape index (κ3) is 13.9. The van der Waals surface area contributed by atoms with Crippen LogP contribution in [0.15, 0.2) is 103 Å². The first-order chi connectivity index (χ1) is 38.9. The second kappa shape index (κ2) is 25.3. The molecule has 0 saturated carbocycles. The molecular formula is C59H66N9O12P. The first kappa shape index (κ1) is 57.3. The summed E-state index contributed by atoms with van der Waals surface area (Å²) >= 11 is 0. The Morgan fingerprint density at radius 3 is 2.27 bits per heavy atom. The minimum Gasteiger partial charge on any atom is -0.370 e. The maximum Gasteiger partial charge on any atom is 0.329 e. The number of primary amides is 1. The van der Waals surface area contributed by atoms with Crippen molar-refractivity contribution in [2.45, 2.75) is 126 Å². The number of rotatable bonds is 19. The summed E-state index contributed by atoms with van der Waals surface area (Å²) in [6.07, 6.45) is 2.85. The SMILES string of the molecule is NC(=O)CC[C@H](NC(=O)[C@@H]1CC[C@@H]2CCN(C(=O)CCCCCC#Cc3cccc4c3CN(C3CCC(=O)NC3=O)C4=O)C[C@H](NC(=O)c3cc4cc(CP(=O)(O)O)ccc4[nH]3)C(=O)N21)C(=O)NC(c1ccccc1)c1ccccc1.[HH]. The monoisotopic (exact) mass is 1120 g/mol. The van der Waals surface area contributed by atoms with E-state index >= 15 is 4.79 Å². The van der Waals surface area contributed by atoms with Crippen molar-refractivity contribution < 1.29 is 58.9 Å². The summed E-state index contributed by atoms with van der Waals surface area (Å²) in [6, 6.07) is 24.4. The molecule has 0 spiro atoms. The number of carbonyl (C=O) groups excluding carboxylic acids is 9. The summed E-state index contributed by atoms with van der Waals surface area (Å²) in [5, 5.41) is 11.5. The van der Waals surface area contributed by atoms with E-state index in [1.807, 2.05) is 66.7 Å². The van der Waals surface area contributed by atoms with Gasteiger partial charge in [0.05, 0.1) is 12.2 Å². The fourth-order valence-corrected chi connectivity index (χ4v) is 11.9. The molecule has 1 aromatic heterocycles. The normalized spacial score (nSPS) is 19.4. The Morgan fingerprint density at radius 2 is 1.57 bits per heavy atom. The highest BCUT2D eigenvalue weighted by atomic mass is 31.2. The molecule has 0 radical (unpaired) electrons. The lowest BCUT2D eigenvalue weighted by atomic mass is 9.98. The first-order valence-electron chi connectivity index (χ1n) is 27.2. The van der Waals surface area contributed by atoms with Crippen LogP contribution in [0, 0.1) is 11.8 Å². The molecule has 1 unspecified atom stereocenters. The average Bonchev–Trinajstić information content (AvgIpc) is 4.20. The third-order valence-electron chi connectivity index (χ3n) is 15.3. The molecule has 4 aromatic carbocycles. The Labute approximate surface area is 468 Å². The molecule has 4 aliphatic heterocycles. The highest BCUT2D eigenvalue weighted by Crippen LogP contribution is 2.40. The van der Waals surface area contributed by atoms with E-state index in [1.54, 1.807) is 29.2 Å². The van der Waals surface area contributed by atoms with Crippen molar-refractivity contribution in [1.82, 2.24) is 41.0 Å². The van der Waals surface area contributed by atoms with Gasteiger partial charge in [-0.15, -0.1) is 0 Å². The van der Waals surface area contributed by atoms with E-state index in [0.717, 1.165) is 16.7 Å². The largest absolute Gasteiger partial charge is 0.370 e. The molecule has 9 amide bonds. The van der Waals surface area contributed by atoms with Crippen LogP contribution in [0.1, 0.15) is 133 Å². The number of hydrogen-bond acceptors (Lipinski definition) is 10. The zero-order chi connectivity index (χ0) is 57.4. The number of aromatic amines is 1. The number of benzene rings is 4. The molecule has 3 saturated heterocycles. The van der Waals surface area contributed by atoms with E-state index in [0.29, 0.717) is 66.1 Å². The Bertz CT molecular complexity index is 3340. The van der Waals surface area contributed by atoms with Crippen molar-refractivity contribution in [1.29, 1.82) is 0 Å². The molecule has 9 N–H and O–H groups in total. The van der Waals surface area contributed by atoms with Crippen LogP contribution in [0.5, 0.6) is 0 Å². The topological polar surface area (TPSA) is 311 Å². The molecule has 21 nitrogen and oxygen atoms in total. The third-order valence-corrected chi connectivity index (χ3v) is 16.1. The van der Waals surface area contributed by atoms with E-state index in [4.69, 9.17) is 5.73 Å². The Balaban J connectivity index is 0.00000880. The van der Waals surface area contributed by atoms with Crippen LogP contribution in [0.2, 0.25) is 0 Å². The van der Waals surface area contributed by atoms with Gasteiger partial charge in [0.25, 0.3) is 11.8 Å². The second-order valence-electron chi connectivity index (χ2n) is 21.0. The number of H-pyrrole nitrogens is 1. The van der Waals surface area contributed by atoms with Gasteiger partial charge in [0.2, 0.25) is 41.4 Å². The van der Waals surface area contributed by atoms with Crippen LogP contribution >= 0.6 is 7.60 Å². The smallest absolute Gasteiger partial charge is 0.329 e. The molecular weight excluding hydrogens is 1060 g/mol. The number of nitrogens with zero attached hydrogens (tertiary/aromatic N) is 3. The van der Waals surface area contributed by atoms with Crippen LogP contribution < -0.4 is 27.0 Å². The minimum absolute atomic E-state index is 0. The average molecular weight is 1120 g/mol. The molecule has 0 aliphatic carbocycles. The number of nitrogens with two attached hydrogens (primary N) is 1.